The van der Waals surface area contributed by atoms with E-state index in [0.717, 1.165) is 0 Å². The summed E-state index contributed by atoms with van der Waals surface area (Å²) in [4.78, 5) is 24.9. The molecule has 2 N–H and O–H groups in total. The zero-order valence-corrected chi connectivity index (χ0v) is 19.2. The molecule has 1 unspecified atom stereocenters. The molecule has 1 aromatic heterocycles. The molecule has 0 fully saturated rings. The van der Waals surface area contributed by atoms with Gasteiger partial charge in [-0.05, 0) is 36.1 Å². The first-order chi connectivity index (χ1) is 16.4. The lowest BCUT2D eigenvalue weighted by atomic mass is 9.74. The molecular formula is C24H23F3N2O6. The van der Waals surface area contributed by atoms with Gasteiger partial charge in [0.2, 0.25) is 12.4 Å². The SMILES string of the molecule is CCc1noc(=O)c2ccc(NC(=O)C(O)(CC(C)(C)c3cccc4c3OCO4)C(F)(F)F)cc12. The van der Waals surface area contributed by atoms with E-state index < -0.39 is 35.1 Å². The van der Waals surface area contributed by atoms with Gasteiger partial charge in [0.05, 0.1) is 11.1 Å². The number of aliphatic hydroxyl groups is 1. The molecule has 0 spiro atoms. The van der Waals surface area contributed by atoms with Gasteiger partial charge in [0, 0.05) is 23.1 Å². The Bertz CT molecular complexity index is 1350. The van der Waals surface area contributed by atoms with Crippen molar-refractivity contribution in [3.8, 4) is 11.5 Å². The lowest BCUT2D eigenvalue weighted by Crippen LogP contribution is -2.57. The number of carbonyl (C=O) groups is 1. The van der Waals surface area contributed by atoms with Crippen molar-refractivity contribution in [1.82, 2.24) is 5.16 Å². The van der Waals surface area contributed by atoms with Crippen LogP contribution in [0.15, 0.2) is 45.7 Å². The number of hydrogen-bond acceptors (Lipinski definition) is 7. The molecule has 4 rings (SSSR count). The molecule has 2 aromatic carbocycles. The van der Waals surface area contributed by atoms with Gasteiger partial charge >= 0.3 is 11.8 Å². The number of fused-ring (bicyclic) bond motifs is 2. The van der Waals surface area contributed by atoms with Crippen LogP contribution in [0.4, 0.5) is 18.9 Å². The Morgan fingerprint density at radius 3 is 2.57 bits per heavy atom. The van der Waals surface area contributed by atoms with Crippen molar-refractivity contribution in [2.45, 2.75) is 50.8 Å². The summed E-state index contributed by atoms with van der Waals surface area (Å²) >= 11 is 0. The monoisotopic (exact) mass is 492 g/mol. The molecule has 0 saturated heterocycles. The normalized spacial score (nSPS) is 15.2. The number of alkyl halides is 3. The Balaban J connectivity index is 1.69. The summed E-state index contributed by atoms with van der Waals surface area (Å²) in [6.45, 7) is 4.62. The minimum atomic E-state index is -5.29. The third-order valence-corrected chi connectivity index (χ3v) is 6.05. The molecule has 2 heterocycles. The van der Waals surface area contributed by atoms with Crippen LogP contribution in [-0.2, 0) is 16.6 Å². The van der Waals surface area contributed by atoms with E-state index in [-0.39, 0.29) is 23.6 Å². The highest BCUT2D eigenvalue weighted by molar-refractivity contribution is 6.00. The van der Waals surface area contributed by atoms with Crippen LogP contribution in [0.3, 0.4) is 0 Å². The fourth-order valence-electron chi connectivity index (χ4n) is 4.23. The minimum Gasteiger partial charge on any atom is -0.454 e. The maximum atomic E-state index is 14.2. The van der Waals surface area contributed by atoms with Crippen molar-refractivity contribution in [2.75, 3.05) is 12.1 Å². The molecule has 1 aliphatic heterocycles. The van der Waals surface area contributed by atoms with Crippen LogP contribution >= 0.6 is 0 Å². The maximum absolute atomic E-state index is 14.2. The Labute approximate surface area is 197 Å². The summed E-state index contributed by atoms with van der Waals surface area (Å²) in [5, 5.41) is 17.1. The van der Waals surface area contributed by atoms with Gasteiger partial charge in [-0.15, -0.1) is 0 Å². The molecule has 0 bridgehead atoms. The van der Waals surface area contributed by atoms with Crippen LogP contribution in [0.25, 0.3) is 10.8 Å². The van der Waals surface area contributed by atoms with Gasteiger partial charge in [-0.1, -0.05) is 38.1 Å². The fourth-order valence-corrected chi connectivity index (χ4v) is 4.23. The van der Waals surface area contributed by atoms with E-state index in [4.69, 9.17) is 14.0 Å². The molecule has 8 nitrogen and oxygen atoms in total. The van der Waals surface area contributed by atoms with Crippen LogP contribution in [0, 0.1) is 0 Å². The summed E-state index contributed by atoms with van der Waals surface area (Å²) in [6.07, 6.45) is -5.91. The highest BCUT2D eigenvalue weighted by Gasteiger charge is 2.61. The molecule has 186 valence electrons. The number of ether oxygens (including phenoxy) is 2. The standard InChI is InChI=1S/C24H23F3N2O6/c1-4-17-15-10-13(8-9-14(15)20(30)35-29-17)28-21(31)23(32,24(25,26)27)11-22(2,3)16-6-5-7-18-19(16)34-12-33-18/h5-10,32H,4,11-12H2,1-3H3,(H,28,31). The number of halogens is 3. The van der Waals surface area contributed by atoms with Crippen molar-refractivity contribution in [2.24, 2.45) is 0 Å². The van der Waals surface area contributed by atoms with Crippen molar-refractivity contribution >= 4 is 22.4 Å². The van der Waals surface area contributed by atoms with Crippen molar-refractivity contribution in [1.29, 1.82) is 0 Å². The van der Waals surface area contributed by atoms with Gasteiger partial charge in [-0.3, -0.25) is 4.79 Å². The lowest BCUT2D eigenvalue weighted by molar-refractivity contribution is -0.254. The van der Waals surface area contributed by atoms with E-state index in [2.05, 4.69) is 10.5 Å². The second-order valence-corrected chi connectivity index (χ2v) is 8.94. The summed E-state index contributed by atoms with van der Waals surface area (Å²) in [6, 6.07) is 8.68. The number of benzene rings is 2. The Morgan fingerprint density at radius 1 is 1.14 bits per heavy atom. The number of anilines is 1. The highest BCUT2D eigenvalue weighted by atomic mass is 19.4. The average Bonchev–Trinajstić information content (AvgIpc) is 3.27. The number of aromatic nitrogens is 1. The van der Waals surface area contributed by atoms with Crippen molar-refractivity contribution < 1.29 is 37.1 Å². The fraction of sp³-hybridized carbons (Fsp3) is 0.375. The largest absolute Gasteiger partial charge is 0.454 e. The van der Waals surface area contributed by atoms with E-state index in [9.17, 15) is 27.9 Å². The molecule has 3 aromatic rings. The van der Waals surface area contributed by atoms with E-state index in [1.54, 1.807) is 25.1 Å². The van der Waals surface area contributed by atoms with E-state index in [1.165, 1.54) is 32.0 Å². The number of nitrogens with one attached hydrogen (secondary N) is 1. The van der Waals surface area contributed by atoms with E-state index in [0.29, 0.717) is 28.8 Å². The number of nitrogens with zero attached hydrogens (tertiary/aromatic N) is 1. The molecule has 0 saturated carbocycles. The number of para-hydroxylation sites is 1. The summed E-state index contributed by atoms with van der Waals surface area (Å²) in [5.41, 5.74) is -5.09. The number of rotatable bonds is 6. The quantitative estimate of drug-likeness (QED) is 0.534. The van der Waals surface area contributed by atoms with E-state index in [1.807, 2.05) is 0 Å². The van der Waals surface area contributed by atoms with Crippen LogP contribution in [0.1, 0.15) is 38.4 Å². The molecule has 1 aliphatic rings. The average molecular weight is 492 g/mol. The molecule has 1 amide bonds. The Kier molecular flexibility index (Phi) is 6.00. The Morgan fingerprint density at radius 2 is 1.89 bits per heavy atom. The maximum Gasteiger partial charge on any atom is 0.426 e. The molecule has 11 heteroatoms. The van der Waals surface area contributed by atoms with Gasteiger partial charge in [0.25, 0.3) is 5.91 Å². The predicted molar refractivity (Wildman–Crippen MR) is 119 cm³/mol. The van der Waals surface area contributed by atoms with Crippen LogP contribution < -0.4 is 20.4 Å². The second-order valence-electron chi connectivity index (χ2n) is 8.94. The number of amides is 1. The van der Waals surface area contributed by atoms with Crippen molar-refractivity contribution in [3.63, 3.8) is 0 Å². The minimum absolute atomic E-state index is 0.0394. The number of aryl methyl sites for hydroxylation is 1. The van der Waals surface area contributed by atoms with Crippen LogP contribution in [0.2, 0.25) is 0 Å². The summed E-state index contributed by atoms with van der Waals surface area (Å²) in [5.74, 6) is -1.01. The van der Waals surface area contributed by atoms with Gasteiger partial charge in [-0.2, -0.15) is 13.2 Å². The Hall–Kier alpha value is -3.60. The van der Waals surface area contributed by atoms with Gasteiger partial charge < -0.3 is 24.4 Å². The van der Waals surface area contributed by atoms with Crippen molar-refractivity contribution in [3.05, 3.63) is 58.1 Å². The van der Waals surface area contributed by atoms with Crippen LogP contribution in [-0.4, -0.2) is 34.7 Å². The molecule has 0 aliphatic carbocycles. The predicted octanol–water partition coefficient (Wildman–Crippen LogP) is 4.08. The summed E-state index contributed by atoms with van der Waals surface area (Å²) in [7, 11) is 0. The lowest BCUT2D eigenvalue weighted by Gasteiger charge is -2.37. The van der Waals surface area contributed by atoms with Gasteiger partial charge in [-0.25, -0.2) is 4.79 Å². The van der Waals surface area contributed by atoms with E-state index >= 15 is 0 Å². The second kappa shape index (κ2) is 8.56. The smallest absolute Gasteiger partial charge is 0.426 e. The molecular weight excluding hydrogens is 469 g/mol. The number of hydrogen-bond donors (Lipinski definition) is 2. The first kappa shape index (κ1) is 24.5. The third kappa shape index (κ3) is 4.31. The van der Waals surface area contributed by atoms with Crippen LogP contribution in [0.5, 0.6) is 11.5 Å². The number of carbonyl (C=O) groups excluding carboxylic acids is 1. The first-order valence-electron chi connectivity index (χ1n) is 10.8. The molecule has 35 heavy (non-hydrogen) atoms. The van der Waals surface area contributed by atoms with Gasteiger partial charge in [0.15, 0.2) is 11.5 Å². The third-order valence-electron chi connectivity index (χ3n) is 6.05. The topological polar surface area (TPSA) is 111 Å². The highest BCUT2D eigenvalue weighted by Crippen LogP contribution is 2.47. The van der Waals surface area contributed by atoms with Gasteiger partial charge in [0.1, 0.15) is 0 Å². The molecule has 0 radical (unpaired) electrons. The zero-order chi connectivity index (χ0) is 25.6. The zero-order valence-electron chi connectivity index (χ0n) is 19.2. The summed E-state index contributed by atoms with van der Waals surface area (Å²) < 4.78 is 57.9. The molecule has 1 atom stereocenters. The first-order valence-corrected chi connectivity index (χ1v) is 10.8.